The Bertz CT molecular complexity index is 777. The molecule has 1 aromatic carbocycles. The maximum atomic E-state index is 12.6. The van der Waals surface area contributed by atoms with Gasteiger partial charge in [-0.3, -0.25) is 14.6 Å². The molecule has 0 aliphatic rings. The van der Waals surface area contributed by atoms with Gasteiger partial charge in [0.15, 0.2) is 0 Å². The third-order valence-electron chi connectivity index (χ3n) is 3.27. The molecule has 0 unspecified atom stereocenters. The first-order chi connectivity index (χ1) is 12.3. The van der Waals surface area contributed by atoms with E-state index in [-0.39, 0.29) is 34.4 Å². The van der Waals surface area contributed by atoms with E-state index in [9.17, 15) is 18.0 Å². The minimum atomic E-state index is -4.55. The number of methoxy groups -OCH3 is 2. The summed E-state index contributed by atoms with van der Waals surface area (Å²) >= 11 is 5.77. The van der Waals surface area contributed by atoms with Crippen LogP contribution < -0.4 is 15.0 Å². The van der Waals surface area contributed by atoms with Crippen molar-refractivity contribution in [3.63, 3.8) is 0 Å². The Morgan fingerprint density at radius 3 is 2.35 bits per heavy atom. The predicted octanol–water partition coefficient (Wildman–Crippen LogP) is 3.63. The maximum absolute atomic E-state index is 12.6. The van der Waals surface area contributed by atoms with E-state index in [2.05, 4.69) is 10.5 Å². The van der Waals surface area contributed by atoms with Crippen LogP contribution in [-0.4, -0.2) is 25.1 Å². The van der Waals surface area contributed by atoms with Gasteiger partial charge in [0.05, 0.1) is 30.5 Å². The molecule has 1 heterocycles. The van der Waals surface area contributed by atoms with Crippen molar-refractivity contribution in [2.45, 2.75) is 12.8 Å². The van der Waals surface area contributed by atoms with Crippen LogP contribution in [0.25, 0.3) is 0 Å². The van der Waals surface area contributed by atoms with E-state index in [1.807, 2.05) is 0 Å². The van der Waals surface area contributed by atoms with E-state index >= 15 is 0 Å². The smallest absolute Gasteiger partial charge is 0.417 e. The van der Waals surface area contributed by atoms with Gasteiger partial charge < -0.3 is 9.47 Å². The number of nitrogens with one attached hydrogen (secondary N) is 1. The second-order valence-corrected chi connectivity index (χ2v) is 5.31. The number of carbonyl (C=O) groups is 1. The number of hydrogen-bond acceptors (Lipinski definition) is 5. The SMILES string of the molecule is COc1cccc(OC)c1C(=O)NOCc1ncc(C(F)(F)F)cc1Cl. The fourth-order valence-electron chi connectivity index (χ4n) is 2.02. The Kier molecular flexibility index (Phi) is 6.27. The molecule has 140 valence electrons. The van der Waals surface area contributed by atoms with Gasteiger partial charge in [-0.2, -0.15) is 13.2 Å². The summed E-state index contributed by atoms with van der Waals surface area (Å²) in [6.07, 6.45) is -3.92. The van der Waals surface area contributed by atoms with Gasteiger partial charge in [0, 0.05) is 6.20 Å². The molecule has 0 saturated carbocycles. The summed E-state index contributed by atoms with van der Waals surface area (Å²) in [6.45, 7) is -0.333. The van der Waals surface area contributed by atoms with Crippen LogP contribution in [-0.2, 0) is 17.6 Å². The van der Waals surface area contributed by atoms with Crippen LogP contribution in [0.1, 0.15) is 21.6 Å². The zero-order valence-electron chi connectivity index (χ0n) is 13.7. The summed E-state index contributed by atoms with van der Waals surface area (Å²) in [7, 11) is 2.77. The van der Waals surface area contributed by atoms with Crippen molar-refractivity contribution in [2.75, 3.05) is 14.2 Å². The van der Waals surface area contributed by atoms with Gasteiger partial charge in [-0.1, -0.05) is 17.7 Å². The van der Waals surface area contributed by atoms with Crippen molar-refractivity contribution >= 4 is 17.5 Å². The van der Waals surface area contributed by atoms with Gasteiger partial charge in [0.25, 0.3) is 5.91 Å². The van der Waals surface area contributed by atoms with Crippen LogP contribution in [0.3, 0.4) is 0 Å². The van der Waals surface area contributed by atoms with E-state index in [0.717, 1.165) is 6.07 Å². The molecular weight excluding hydrogens is 377 g/mol. The van der Waals surface area contributed by atoms with Gasteiger partial charge >= 0.3 is 6.18 Å². The summed E-state index contributed by atoms with van der Waals surface area (Å²) in [5, 5.41) is -0.232. The Morgan fingerprint density at radius 1 is 1.23 bits per heavy atom. The molecule has 0 bridgehead atoms. The van der Waals surface area contributed by atoms with Gasteiger partial charge in [-0.25, -0.2) is 5.48 Å². The number of ether oxygens (including phenoxy) is 2. The standard InChI is InChI=1S/C16H14ClF3N2O4/c1-24-12-4-3-5-13(25-2)14(12)15(23)22-26-8-11-10(17)6-9(7-21-11)16(18,19)20/h3-7H,8H2,1-2H3,(H,22,23). The number of benzene rings is 1. The number of halogens is 4. The minimum absolute atomic E-state index is 0.0342. The number of amides is 1. The number of pyridine rings is 1. The number of rotatable bonds is 6. The summed E-state index contributed by atoms with van der Waals surface area (Å²) in [5.41, 5.74) is 1.31. The fraction of sp³-hybridized carbons (Fsp3) is 0.250. The van der Waals surface area contributed by atoms with Crippen LogP contribution in [0.5, 0.6) is 11.5 Å². The topological polar surface area (TPSA) is 69.7 Å². The number of nitrogens with zero attached hydrogens (tertiary/aromatic N) is 1. The zero-order chi connectivity index (χ0) is 19.3. The Morgan fingerprint density at radius 2 is 1.85 bits per heavy atom. The van der Waals surface area contributed by atoms with E-state index in [1.165, 1.54) is 14.2 Å². The average molecular weight is 391 g/mol. The lowest BCUT2D eigenvalue weighted by molar-refractivity contribution is -0.137. The van der Waals surface area contributed by atoms with Crippen molar-refractivity contribution in [1.82, 2.24) is 10.5 Å². The van der Waals surface area contributed by atoms with Crippen molar-refractivity contribution in [3.05, 3.63) is 52.3 Å². The zero-order valence-corrected chi connectivity index (χ0v) is 14.4. The third-order valence-corrected chi connectivity index (χ3v) is 3.60. The number of carbonyl (C=O) groups excluding carboxylic acids is 1. The molecule has 0 radical (unpaired) electrons. The highest BCUT2D eigenvalue weighted by Gasteiger charge is 2.31. The molecule has 1 amide bonds. The van der Waals surface area contributed by atoms with Crippen molar-refractivity contribution in [3.8, 4) is 11.5 Å². The molecule has 10 heteroatoms. The third kappa shape index (κ3) is 4.55. The first-order valence-electron chi connectivity index (χ1n) is 7.12. The monoisotopic (exact) mass is 390 g/mol. The van der Waals surface area contributed by atoms with Crippen molar-refractivity contribution in [2.24, 2.45) is 0 Å². The average Bonchev–Trinajstić information content (AvgIpc) is 2.61. The molecule has 1 aromatic heterocycles. The minimum Gasteiger partial charge on any atom is -0.496 e. The lowest BCUT2D eigenvalue weighted by Gasteiger charge is -2.13. The van der Waals surface area contributed by atoms with Crippen LogP contribution in [0.15, 0.2) is 30.5 Å². The van der Waals surface area contributed by atoms with Gasteiger partial charge in [0.1, 0.15) is 23.7 Å². The molecule has 2 rings (SSSR count). The Labute approximate surface area is 151 Å². The molecule has 2 aromatic rings. The number of hydroxylamine groups is 1. The summed E-state index contributed by atoms with van der Waals surface area (Å²) in [4.78, 5) is 20.9. The summed E-state index contributed by atoms with van der Waals surface area (Å²) in [5.74, 6) is -0.144. The second kappa shape index (κ2) is 8.24. The van der Waals surface area contributed by atoms with E-state index in [0.29, 0.717) is 6.20 Å². The van der Waals surface area contributed by atoms with E-state index in [4.69, 9.17) is 25.9 Å². The molecule has 26 heavy (non-hydrogen) atoms. The van der Waals surface area contributed by atoms with Gasteiger partial charge in [0.2, 0.25) is 0 Å². The predicted molar refractivity (Wildman–Crippen MR) is 86.1 cm³/mol. The van der Waals surface area contributed by atoms with E-state index < -0.39 is 17.6 Å². The first kappa shape index (κ1) is 19.8. The van der Waals surface area contributed by atoms with Crippen LogP contribution in [0, 0.1) is 0 Å². The summed E-state index contributed by atoms with van der Waals surface area (Å²) in [6, 6.07) is 5.50. The lowest BCUT2D eigenvalue weighted by Crippen LogP contribution is -2.25. The highest BCUT2D eigenvalue weighted by atomic mass is 35.5. The maximum Gasteiger partial charge on any atom is 0.417 e. The van der Waals surface area contributed by atoms with Crippen LogP contribution in [0.4, 0.5) is 13.2 Å². The van der Waals surface area contributed by atoms with Crippen molar-refractivity contribution in [1.29, 1.82) is 0 Å². The molecule has 1 N–H and O–H groups in total. The number of aromatic nitrogens is 1. The fourth-order valence-corrected chi connectivity index (χ4v) is 2.24. The highest BCUT2D eigenvalue weighted by Crippen LogP contribution is 2.31. The molecule has 0 fully saturated rings. The molecule has 0 aliphatic carbocycles. The number of alkyl halides is 3. The quantitative estimate of drug-likeness (QED) is 0.763. The molecule has 0 aliphatic heterocycles. The molecule has 0 saturated heterocycles. The second-order valence-electron chi connectivity index (χ2n) is 4.91. The lowest BCUT2D eigenvalue weighted by atomic mass is 10.1. The number of hydrogen-bond donors (Lipinski definition) is 1. The summed E-state index contributed by atoms with van der Waals surface area (Å²) < 4.78 is 47.9. The first-order valence-corrected chi connectivity index (χ1v) is 7.50. The molecule has 6 nitrogen and oxygen atoms in total. The largest absolute Gasteiger partial charge is 0.496 e. The highest BCUT2D eigenvalue weighted by molar-refractivity contribution is 6.31. The van der Waals surface area contributed by atoms with Crippen molar-refractivity contribution < 1.29 is 32.3 Å². The molecular formula is C16H14ClF3N2O4. The van der Waals surface area contributed by atoms with Crippen LogP contribution in [0.2, 0.25) is 5.02 Å². The normalized spacial score (nSPS) is 11.2. The molecule has 0 spiro atoms. The van der Waals surface area contributed by atoms with Gasteiger partial charge in [-0.15, -0.1) is 0 Å². The van der Waals surface area contributed by atoms with Gasteiger partial charge in [-0.05, 0) is 18.2 Å². The van der Waals surface area contributed by atoms with E-state index in [1.54, 1.807) is 18.2 Å². The Balaban J connectivity index is 2.06. The Hall–Kier alpha value is -2.52. The van der Waals surface area contributed by atoms with Crippen LogP contribution >= 0.6 is 11.6 Å². The molecule has 0 atom stereocenters.